The first kappa shape index (κ1) is 24.2. The Morgan fingerprint density at radius 2 is 1.88 bits per heavy atom. The van der Waals surface area contributed by atoms with Gasteiger partial charge in [0.2, 0.25) is 11.5 Å². The van der Waals surface area contributed by atoms with Gasteiger partial charge in [0.15, 0.2) is 6.10 Å². The molecule has 1 aromatic rings. The average molecular weight is 473 g/mol. The zero-order valence-electron chi connectivity index (χ0n) is 20.1. The number of carboxylic acids is 1. The number of hydrogen-bond acceptors (Lipinski definition) is 6. The summed E-state index contributed by atoms with van der Waals surface area (Å²) in [5, 5.41) is 10.2. The number of fused-ring (bicyclic) bond motifs is 1. The maximum atomic E-state index is 13.7. The van der Waals surface area contributed by atoms with Gasteiger partial charge in [0.05, 0.1) is 6.61 Å². The molecule has 2 heterocycles. The number of morpholine rings is 1. The first-order chi connectivity index (χ1) is 16.0. The van der Waals surface area contributed by atoms with Crippen LogP contribution in [0.5, 0.6) is 0 Å². The van der Waals surface area contributed by atoms with Gasteiger partial charge in [-0.05, 0) is 42.9 Å². The van der Waals surface area contributed by atoms with Crippen LogP contribution in [0.3, 0.4) is 0 Å². The normalized spacial score (nSPS) is 22.8. The fourth-order valence-electron chi connectivity index (χ4n) is 4.89. The largest absolute Gasteiger partial charge is 0.478 e. The number of nitrogens with zero attached hydrogens (tertiary/aromatic N) is 2. The Hall–Kier alpha value is -2.94. The lowest BCUT2D eigenvalue weighted by Gasteiger charge is -2.47. The van der Waals surface area contributed by atoms with Crippen LogP contribution in [0, 0.1) is 11.3 Å². The Morgan fingerprint density at radius 3 is 2.47 bits per heavy atom. The standard InChI is InChI=1S/C25H32N2O7/c1-15(28)34-25(23(31)32,24(2,3)4)21-22(30)26(11-12-33-21)18-9-7-17-8-10-20(29)27(19(17)13-18)14-16-5-6-16/h7,9,13,16,21H,5-6,8,10-12,14H2,1-4H3,(H,31,32)/t21-,25+/m0/s1. The van der Waals surface area contributed by atoms with Gasteiger partial charge in [0.25, 0.3) is 5.91 Å². The molecular formula is C25H32N2O7. The zero-order chi connectivity index (χ0) is 24.8. The highest BCUT2D eigenvalue weighted by molar-refractivity contribution is 6.03. The Morgan fingerprint density at radius 1 is 1.18 bits per heavy atom. The molecule has 9 nitrogen and oxygen atoms in total. The van der Waals surface area contributed by atoms with E-state index < -0.39 is 35.0 Å². The minimum absolute atomic E-state index is 0.0740. The molecule has 4 rings (SSSR count). The molecule has 3 aliphatic rings. The van der Waals surface area contributed by atoms with Crippen LogP contribution in [-0.2, 0) is 35.1 Å². The number of aryl methyl sites for hydroxylation is 1. The van der Waals surface area contributed by atoms with Gasteiger partial charge in [-0.1, -0.05) is 26.8 Å². The number of carbonyl (C=O) groups is 4. The third-order valence-corrected chi connectivity index (χ3v) is 6.91. The molecule has 2 aliphatic heterocycles. The second kappa shape index (κ2) is 8.69. The van der Waals surface area contributed by atoms with E-state index in [9.17, 15) is 24.3 Å². The number of benzene rings is 1. The molecule has 9 heteroatoms. The van der Waals surface area contributed by atoms with Crippen molar-refractivity contribution < 1.29 is 33.8 Å². The van der Waals surface area contributed by atoms with E-state index in [4.69, 9.17) is 9.47 Å². The summed E-state index contributed by atoms with van der Waals surface area (Å²) in [5.41, 5.74) is -0.940. The number of aliphatic carboxylic acids is 1. The minimum Gasteiger partial charge on any atom is -0.478 e. The van der Waals surface area contributed by atoms with Crippen LogP contribution in [0.25, 0.3) is 0 Å². The second-order valence-electron chi connectivity index (χ2n) is 10.4. The summed E-state index contributed by atoms with van der Waals surface area (Å²) in [6, 6.07) is 5.57. The summed E-state index contributed by atoms with van der Waals surface area (Å²) in [5.74, 6) is -2.26. The van der Waals surface area contributed by atoms with E-state index >= 15 is 0 Å². The van der Waals surface area contributed by atoms with E-state index in [0.717, 1.165) is 31.0 Å². The van der Waals surface area contributed by atoms with Gasteiger partial charge in [-0.2, -0.15) is 0 Å². The van der Waals surface area contributed by atoms with Crippen molar-refractivity contribution in [2.45, 2.75) is 65.1 Å². The molecule has 34 heavy (non-hydrogen) atoms. The van der Waals surface area contributed by atoms with Crippen LogP contribution >= 0.6 is 0 Å². The molecule has 0 spiro atoms. The van der Waals surface area contributed by atoms with Gasteiger partial charge in [-0.3, -0.25) is 14.4 Å². The van der Waals surface area contributed by atoms with Crippen LogP contribution in [-0.4, -0.2) is 60.3 Å². The van der Waals surface area contributed by atoms with Gasteiger partial charge in [0, 0.05) is 43.2 Å². The minimum atomic E-state index is -2.21. The number of carbonyl (C=O) groups excluding carboxylic acids is 3. The molecule has 1 aromatic carbocycles. The van der Waals surface area contributed by atoms with E-state index in [1.165, 1.54) is 4.90 Å². The Balaban J connectivity index is 1.71. The number of rotatable bonds is 6. The van der Waals surface area contributed by atoms with Gasteiger partial charge >= 0.3 is 11.9 Å². The lowest BCUT2D eigenvalue weighted by molar-refractivity contribution is -0.218. The van der Waals surface area contributed by atoms with Crippen LogP contribution < -0.4 is 9.80 Å². The van der Waals surface area contributed by atoms with Crippen molar-refractivity contribution >= 4 is 35.1 Å². The summed E-state index contributed by atoms with van der Waals surface area (Å²) >= 11 is 0. The molecule has 0 unspecified atom stereocenters. The number of ether oxygens (including phenoxy) is 2. The van der Waals surface area contributed by atoms with Gasteiger partial charge in [-0.15, -0.1) is 0 Å². The number of hydrogen-bond donors (Lipinski definition) is 1. The summed E-state index contributed by atoms with van der Waals surface area (Å²) in [6.07, 6.45) is 1.81. The van der Waals surface area contributed by atoms with Crippen LogP contribution in [0.1, 0.15) is 52.5 Å². The molecule has 184 valence electrons. The predicted molar refractivity (Wildman–Crippen MR) is 124 cm³/mol. The highest BCUT2D eigenvalue weighted by atomic mass is 16.6. The molecule has 0 aromatic heterocycles. The van der Waals surface area contributed by atoms with Crippen LogP contribution in [0.2, 0.25) is 0 Å². The van der Waals surface area contributed by atoms with Crippen molar-refractivity contribution in [2.75, 3.05) is 29.5 Å². The van der Waals surface area contributed by atoms with Gasteiger partial charge in [0.1, 0.15) is 0 Å². The third kappa shape index (κ3) is 4.17. The number of amides is 2. The van der Waals surface area contributed by atoms with Crippen molar-refractivity contribution in [3.05, 3.63) is 23.8 Å². The molecular weight excluding hydrogens is 440 g/mol. The van der Waals surface area contributed by atoms with Gasteiger partial charge < -0.3 is 24.4 Å². The monoisotopic (exact) mass is 472 g/mol. The van der Waals surface area contributed by atoms with Crippen molar-refractivity contribution in [3.8, 4) is 0 Å². The Labute approximate surface area is 199 Å². The summed E-state index contributed by atoms with van der Waals surface area (Å²) in [7, 11) is 0. The second-order valence-corrected chi connectivity index (χ2v) is 10.4. The molecule has 0 radical (unpaired) electrons. The fourth-order valence-corrected chi connectivity index (χ4v) is 4.89. The SMILES string of the molecule is CC(=O)O[C@@](C(=O)O)([C@H]1OCCN(c2ccc3c(c2)N(CC2CC2)C(=O)CC3)C1=O)C(C)(C)C. The molecule has 1 N–H and O–H groups in total. The topological polar surface area (TPSA) is 113 Å². The maximum absolute atomic E-state index is 13.7. The lowest BCUT2D eigenvalue weighted by atomic mass is 9.71. The predicted octanol–water partition coefficient (Wildman–Crippen LogP) is 2.54. The average Bonchev–Trinajstić information content (AvgIpc) is 3.57. The summed E-state index contributed by atoms with van der Waals surface area (Å²) in [6.45, 7) is 6.87. The summed E-state index contributed by atoms with van der Waals surface area (Å²) in [4.78, 5) is 54.0. The molecule has 2 fully saturated rings. The molecule has 2 amide bonds. The van der Waals surface area contributed by atoms with E-state index in [2.05, 4.69) is 0 Å². The smallest absolute Gasteiger partial charge is 0.352 e. The van der Waals surface area contributed by atoms with E-state index in [0.29, 0.717) is 31.0 Å². The van der Waals surface area contributed by atoms with E-state index in [1.807, 2.05) is 23.1 Å². The third-order valence-electron chi connectivity index (χ3n) is 6.91. The maximum Gasteiger partial charge on any atom is 0.352 e. The van der Waals surface area contributed by atoms with Crippen molar-refractivity contribution in [2.24, 2.45) is 11.3 Å². The van der Waals surface area contributed by atoms with Crippen molar-refractivity contribution in [1.29, 1.82) is 0 Å². The van der Waals surface area contributed by atoms with E-state index in [1.54, 1.807) is 20.8 Å². The fraction of sp³-hybridized carbons (Fsp3) is 0.600. The number of carboxylic acid groups (broad SMARTS) is 1. The van der Waals surface area contributed by atoms with Crippen molar-refractivity contribution in [1.82, 2.24) is 0 Å². The molecule has 2 atom stereocenters. The zero-order valence-corrected chi connectivity index (χ0v) is 20.1. The first-order valence-corrected chi connectivity index (χ1v) is 11.7. The first-order valence-electron chi connectivity index (χ1n) is 11.7. The molecule has 0 bridgehead atoms. The van der Waals surface area contributed by atoms with Gasteiger partial charge in [-0.25, -0.2) is 4.79 Å². The molecule has 1 saturated heterocycles. The van der Waals surface area contributed by atoms with E-state index in [-0.39, 0.29) is 19.1 Å². The number of anilines is 2. The van der Waals surface area contributed by atoms with Crippen LogP contribution in [0.15, 0.2) is 18.2 Å². The highest BCUT2D eigenvalue weighted by Gasteiger charge is 2.63. The Kier molecular flexibility index (Phi) is 6.18. The van der Waals surface area contributed by atoms with Crippen LogP contribution in [0.4, 0.5) is 11.4 Å². The molecule has 1 saturated carbocycles. The quantitative estimate of drug-likeness (QED) is 0.633. The highest BCUT2D eigenvalue weighted by Crippen LogP contribution is 2.42. The van der Waals surface area contributed by atoms with Crippen molar-refractivity contribution in [3.63, 3.8) is 0 Å². The summed E-state index contributed by atoms with van der Waals surface area (Å²) < 4.78 is 11.1. The molecule has 1 aliphatic carbocycles. The number of esters is 1. The lowest BCUT2D eigenvalue weighted by Crippen LogP contribution is -2.68. The Bertz CT molecular complexity index is 1030.